The molecule has 4 atom stereocenters. The van der Waals surface area contributed by atoms with Crippen molar-refractivity contribution >= 4 is 17.6 Å². The Morgan fingerprint density at radius 3 is 2.23 bits per heavy atom. The Hall–Kier alpha value is -0.0300. The molecule has 0 bridgehead atoms. The summed E-state index contributed by atoms with van der Waals surface area (Å²) in [5.41, 5.74) is 0. The number of rotatable bonds is 6. The largest absolute Gasteiger partial charge is 0.390 e. The first kappa shape index (κ1) is 13.0. The van der Waals surface area contributed by atoms with Crippen molar-refractivity contribution < 1.29 is 15.3 Å². The van der Waals surface area contributed by atoms with E-state index in [4.69, 9.17) is 5.11 Å². The van der Waals surface area contributed by atoms with Gasteiger partial charge in [-0.05, 0) is 12.3 Å². The van der Waals surface area contributed by atoms with Gasteiger partial charge in [0.05, 0.1) is 6.10 Å². The van der Waals surface area contributed by atoms with Gasteiger partial charge in [0, 0.05) is 5.37 Å². The maximum Gasteiger partial charge on any atom is 0.111 e. The number of thiocarbonyl (C=S) groups is 1. The smallest absolute Gasteiger partial charge is 0.111 e. The van der Waals surface area contributed by atoms with Crippen LogP contribution in [0.2, 0.25) is 0 Å². The molecule has 0 aliphatic heterocycles. The Balaban J connectivity index is 3.94. The molecule has 0 spiro atoms. The highest BCUT2D eigenvalue weighted by molar-refractivity contribution is 7.79. The molecule has 4 heteroatoms. The van der Waals surface area contributed by atoms with Crippen molar-refractivity contribution in [2.45, 2.75) is 45.0 Å². The molecule has 1 unspecified atom stereocenters. The summed E-state index contributed by atoms with van der Waals surface area (Å²) in [6.07, 6.45) is -1.75. The SMILES string of the molecule is CCC(C)C[C@@H](O)[C@@H](O)[C@@H](O)C=S. The minimum Gasteiger partial charge on any atom is -0.390 e. The standard InChI is InChI=1S/C9H18O3S/c1-3-6(2)4-7(10)9(12)8(11)5-13/h5-12H,3-4H2,1-2H3/t6?,7-,8+,9-/m1/s1. The average Bonchev–Trinajstić information content (AvgIpc) is 2.14. The van der Waals surface area contributed by atoms with Crippen molar-refractivity contribution in [1.82, 2.24) is 0 Å². The molecule has 78 valence electrons. The first-order chi connectivity index (χ1) is 6.02. The van der Waals surface area contributed by atoms with E-state index >= 15 is 0 Å². The lowest BCUT2D eigenvalue weighted by molar-refractivity contribution is -0.0408. The van der Waals surface area contributed by atoms with E-state index in [-0.39, 0.29) is 0 Å². The van der Waals surface area contributed by atoms with Gasteiger partial charge in [-0.2, -0.15) is 0 Å². The fourth-order valence-electron chi connectivity index (χ4n) is 1.03. The third-order valence-corrected chi connectivity index (χ3v) is 2.50. The Labute approximate surface area is 84.4 Å². The van der Waals surface area contributed by atoms with Crippen LogP contribution in [-0.4, -0.2) is 39.0 Å². The monoisotopic (exact) mass is 206 g/mol. The van der Waals surface area contributed by atoms with E-state index in [0.717, 1.165) is 11.8 Å². The lowest BCUT2D eigenvalue weighted by atomic mass is 9.96. The Morgan fingerprint density at radius 1 is 1.31 bits per heavy atom. The second kappa shape index (κ2) is 6.43. The van der Waals surface area contributed by atoms with E-state index in [2.05, 4.69) is 12.2 Å². The van der Waals surface area contributed by atoms with Crippen molar-refractivity contribution in [1.29, 1.82) is 0 Å². The van der Waals surface area contributed by atoms with Crippen molar-refractivity contribution in [2.24, 2.45) is 5.92 Å². The zero-order valence-corrected chi connectivity index (χ0v) is 8.87. The minimum absolute atomic E-state index is 0.335. The second-order valence-electron chi connectivity index (χ2n) is 3.43. The predicted molar refractivity (Wildman–Crippen MR) is 55.7 cm³/mol. The molecule has 13 heavy (non-hydrogen) atoms. The molecule has 0 aromatic carbocycles. The Morgan fingerprint density at radius 2 is 1.85 bits per heavy atom. The topological polar surface area (TPSA) is 60.7 Å². The summed E-state index contributed by atoms with van der Waals surface area (Å²) in [6.45, 7) is 4.00. The number of hydrogen-bond acceptors (Lipinski definition) is 4. The van der Waals surface area contributed by atoms with E-state index in [1.54, 1.807) is 0 Å². The molecule has 0 rings (SSSR count). The maximum absolute atomic E-state index is 9.44. The summed E-state index contributed by atoms with van der Waals surface area (Å²) < 4.78 is 0. The van der Waals surface area contributed by atoms with Crippen molar-refractivity contribution in [3.63, 3.8) is 0 Å². The van der Waals surface area contributed by atoms with Crippen LogP contribution in [0.25, 0.3) is 0 Å². The van der Waals surface area contributed by atoms with E-state index in [1.807, 2.05) is 13.8 Å². The Bertz CT molecular complexity index is 152. The fourth-order valence-corrected chi connectivity index (χ4v) is 1.19. The summed E-state index contributed by atoms with van der Waals surface area (Å²) in [4.78, 5) is 0. The third-order valence-electron chi connectivity index (χ3n) is 2.22. The molecule has 0 aromatic heterocycles. The quantitative estimate of drug-likeness (QED) is 0.554. The van der Waals surface area contributed by atoms with Crippen LogP contribution in [-0.2, 0) is 0 Å². The molecule has 0 heterocycles. The minimum atomic E-state index is -1.16. The van der Waals surface area contributed by atoms with Gasteiger partial charge in [0.15, 0.2) is 0 Å². The van der Waals surface area contributed by atoms with Crippen molar-refractivity contribution in [2.75, 3.05) is 0 Å². The summed E-state index contributed by atoms with van der Waals surface area (Å²) in [6, 6.07) is 0. The first-order valence-electron chi connectivity index (χ1n) is 4.52. The van der Waals surface area contributed by atoms with Gasteiger partial charge in [-0.15, -0.1) is 0 Å². The molecular weight excluding hydrogens is 188 g/mol. The predicted octanol–water partition coefficient (Wildman–Crippen LogP) is 0.505. The number of hydrogen-bond donors (Lipinski definition) is 3. The highest BCUT2D eigenvalue weighted by Crippen LogP contribution is 2.13. The van der Waals surface area contributed by atoms with Gasteiger partial charge in [-0.25, -0.2) is 0 Å². The van der Waals surface area contributed by atoms with E-state index in [9.17, 15) is 10.2 Å². The molecule has 0 radical (unpaired) electrons. The van der Waals surface area contributed by atoms with Crippen LogP contribution in [0.4, 0.5) is 0 Å². The molecule has 0 saturated carbocycles. The van der Waals surface area contributed by atoms with Gasteiger partial charge in [-0.3, -0.25) is 0 Å². The molecule has 0 aromatic rings. The van der Waals surface area contributed by atoms with Crippen LogP contribution in [0.1, 0.15) is 26.7 Å². The van der Waals surface area contributed by atoms with E-state index in [0.29, 0.717) is 12.3 Å². The Kier molecular flexibility index (Phi) is 6.41. The lowest BCUT2D eigenvalue weighted by Gasteiger charge is -2.22. The maximum atomic E-state index is 9.44. The first-order valence-corrected chi connectivity index (χ1v) is 4.99. The van der Waals surface area contributed by atoms with E-state index < -0.39 is 18.3 Å². The molecule has 0 fully saturated rings. The molecular formula is C9H18O3S. The lowest BCUT2D eigenvalue weighted by Crippen LogP contribution is -2.38. The molecule has 0 saturated heterocycles. The van der Waals surface area contributed by atoms with Crippen LogP contribution < -0.4 is 0 Å². The fraction of sp³-hybridized carbons (Fsp3) is 0.889. The van der Waals surface area contributed by atoms with Gasteiger partial charge < -0.3 is 15.3 Å². The zero-order valence-electron chi connectivity index (χ0n) is 8.05. The third kappa shape index (κ3) is 4.67. The van der Waals surface area contributed by atoms with Gasteiger partial charge in [0.25, 0.3) is 0 Å². The highest BCUT2D eigenvalue weighted by Gasteiger charge is 2.23. The van der Waals surface area contributed by atoms with Crippen LogP contribution in [0.5, 0.6) is 0 Å². The van der Waals surface area contributed by atoms with Gasteiger partial charge in [-0.1, -0.05) is 32.5 Å². The van der Waals surface area contributed by atoms with Gasteiger partial charge in [0.1, 0.15) is 12.2 Å². The van der Waals surface area contributed by atoms with E-state index in [1.165, 1.54) is 0 Å². The van der Waals surface area contributed by atoms with Crippen LogP contribution in [0.3, 0.4) is 0 Å². The number of aliphatic hydroxyl groups is 3. The van der Waals surface area contributed by atoms with Crippen LogP contribution >= 0.6 is 12.2 Å². The molecule has 0 aliphatic rings. The summed E-state index contributed by atoms with van der Waals surface area (Å²) >= 11 is 4.47. The van der Waals surface area contributed by atoms with Crippen molar-refractivity contribution in [3.8, 4) is 0 Å². The van der Waals surface area contributed by atoms with Crippen LogP contribution in [0.15, 0.2) is 0 Å². The molecule has 3 nitrogen and oxygen atoms in total. The molecule has 0 amide bonds. The van der Waals surface area contributed by atoms with Crippen molar-refractivity contribution in [3.05, 3.63) is 0 Å². The number of aliphatic hydroxyl groups excluding tert-OH is 3. The highest BCUT2D eigenvalue weighted by atomic mass is 32.1. The summed E-state index contributed by atoms with van der Waals surface area (Å²) in [5.74, 6) is 0.335. The molecule has 0 aliphatic carbocycles. The summed E-state index contributed by atoms with van der Waals surface area (Å²) in [7, 11) is 0. The second-order valence-corrected chi connectivity index (χ2v) is 3.71. The van der Waals surface area contributed by atoms with Crippen LogP contribution in [0, 0.1) is 5.92 Å². The summed E-state index contributed by atoms with van der Waals surface area (Å²) in [5, 5.41) is 28.9. The normalized spacial score (nSPS) is 20.4. The molecule has 3 N–H and O–H groups in total. The average molecular weight is 206 g/mol. The zero-order chi connectivity index (χ0) is 10.4. The van der Waals surface area contributed by atoms with Gasteiger partial charge in [0.2, 0.25) is 0 Å². The van der Waals surface area contributed by atoms with Gasteiger partial charge >= 0.3 is 0 Å².